The highest BCUT2D eigenvalue weighted by Gasteiger charge is 2.44. The Bertz CT molecular complexity index is 787. The summed E-state index contributed by atoms with van der Waals surface area (Å²) >= 11 is 0. The van der Waals surface area contributed by atoms with Crippen LogP contribution >= 0.6 is 0 Å². The molecule has 2 aromatic rings. The van der Waals surface area contributed by atoms with Gasteiger partial charge in [-0.2, -0.15) is 0 Å². The number of hydrogen-bond donors (Lipinski definition) is 1. The summed E-state index contributed by atoms with van der Waals surface area (Å²) in [6.07, 6.45) is 0. The molecule has 1 aliphatic rings. The number of carboxylic acid groups (broad SMARTS) is 1. The zero-order chi connectivity index (χ0) is 19.3. The first kappa shape index (κ1) is 18.4. The van der Waals surface area contributed by atoms with Crippen LogP contribution in [0.4, 0.5) is 0 Å². The first-order valence-corrected chi connectivity index (χ1v) is 9.19. The number of rotatable bonds is 3. The molecule has 1 N–H and O–H groups in total. The van der Waals surface area contributed by atoms with Crippen LogP contribution in [0.5, 0.6) is 0 Å². The maximum atomic E-state index is 11.7. The molecule has 0 amide bonds. The Kier molecular flexibility index (Phi) is 4.34. The molecular weight excluding hydrogens is 320 g/mol. The standard InChI is InChI=1S/C24H28O2/c1-23(2,3)17-11-7-15(8-12-17)19-20(21(19)22(25)26)16-9-13-18(14-10-16)24(4,5)6/h7-14,21H,1-6H3,(H,25,26). The molecule has 0 heterocycles. The van der Waals surface area contributed by atoms with Gasteiger partial charge < -0.3 is 5.11 Å². The monoisotopic (exact) mass is 348 g/mol. The normalized spacial score (nSPS) is 15.3. The van der Waals surface area contributed by atoms with E-state index in [9.17, 15) is 9.90 Å². The number of aliphatic carboxylic acids is 1. The van der Waals surface area contributed by atoms with Crippen molar-refractivity contribution in [2.24, 2.45) is 5.92 Å². The second kappa shape index (κ2) is 6.12. The van der Waals surface area contributed by atoms with Gasteiger partial charge in [0.25, 0.3) is 0 Å². The van der Waals surface area contributed by atoms with Gasteiger partial charge in [0.1, 0.15) is 5.92 Å². The predicted molar refractivity (Wildman–Crippen MR) is 108 cm³/mol. The summed E-state index contributed by atoms with van der Waals surface area (Å²) in [7, 11) is 0. The first-order valence-electron chi connectivity index (χ1n) is 9.19. The molecule has 0 aromatic heterocycles. The Labute approximate surface area is 156 Å². The average molecular weight is 348 g/mol. The second-order valence-electron chi connectivity index (χ2n) is 9.25. The molecule has 0 radical (unpaired) electrons. The fourth-order valence-corrected chi connectivity index (χ4v) is 3.41. The van der Waals surface area contributed by atoms with E-state index in [1.807, 2.05) is 0 Å². The lowest BCUT2D eigenvalue weighted by Crippen LogP contribution is -2.10. The fourth-order valence-electron chi connectivity index (χ4n) is 3.41. The maximum absolute atomic E-state index is 11.7. The smallest absolute Gasteiger partial charge is 0.315 e. The Morgan fingerprint density at radius 1 is 0.692 bits per heavy atom. The van der Waals surface area contributed by atoms with Crippen LogP contribution in [0.2, 0.25) is 0 Å². The number of carboxylic acids is 1. The first-order chi connectivity index (χ1) is 12.0. The van der Waals surface area contributed by atoms with Gasteiger partial charge in [0.05, 0.1) is 0 Å². The molecule has 26 heavy (non-hydrogen) atoms. The molecule has 0 unspecified atom stereocenters. The SMILES string of the molecule is CC(C)(C)c1ccc(C2=C(c3ccc(C(C)(C)C)cc3)C2C(=O)O)cc1. The Hall–Kier alpha value is -2.35. The van der Waals surface area contributed by atoms with Crippen molar-refractivity contribution >= 4 is 17.1 Å². The lowest BCUT2D eigenvalue weighted by molar-refractivity contribution is -0.137. The third-order valence-corrected chi connectivity index (χ3v) is 5.15. The molecule has 0 bridgehead atoms. The van der Waals surface area contributed by atoms with Crippen molar-refractivity contribution in [2.45, 2.75) is 52.4 Å². The van der Waals surface area contributed by atoms with Crippen LogP contribution in [-0.2, 0) is 15.6 Å². The minimum absolute atomic E-state index is 0.0915. The highest BCUT2D eigenvalue weighted by molar-refractivity contribution is 6.21. The van der Waals surface area contributed by atoms with Crippen LogP contribution in [0.15, 0.2) is 48.5 Å². The molecule has 136 valence electrons. The van der Waals surface area contributed by atoms with Crippen LogP contribution in [0.1, 0.15) is 63.8 Å². The Morgan fingerprint density at radius 2 is 1.00 bits per heavy atom. The van der Waals surface area contributed by atoms with E-state index in [1.54, 1.807) is 0 Å². The summed E-state index contributed by atoms with van der Waals surface area (Å²) in [5, 5.41) is 9.64. The van der Waals surface area contributed by atoms with Gasteiger partial charge in [-0.15, -0.1) is 0 Å². The summed E-state index contributed by atoms with van der Waals surface area (Å²) in [6.45, 7) is 13.1. The van der Waals surface area contributed by atoms with E-state index in [4.69, 9.17) is 0 Å². The van der Waals surface area contributed by atoms with Crippen molar-refractivity contribution in [1.82, 2.24) is 0 Å². The van der Waals surface area contributed by atoms with Gasteiger partial charge in [0.2, 0.25) is 0 Å². The van der Waals surface area contributed by atoms with Gasteiger partial charge in [-0.1, -0.05) is 90.1 Å². The maximum Gasteiger partial charge on any atom is 0.315 e. The third-order valence-electron chi connectivity index (χ3n) is 5.15. The van der Waals surface area contributed by atoms with Gasteiger partial charge in [-0.3, -0.25) is 4.79 Å². The largest absolute Gasteiger partial charge is 0.481 e. The Morgan fingerprint density at radius 3 is 1.23 bits per heavy atom. The zero-order valence-electron chi connectivity index (χ0n) is 16.6. The van der Waals surface area contributed by atoms with E-state index < -0.39 is 11.9 Å². The summed E-state index contributed by atoms with van der Waals surface area (Å²) in [6, 6.07) is 16.7. The van der Waals surface area contributed by atoms with Crippen molar-refractivity contribution in [3.63, 3.8) is 0 Å². The van der Waals surface area contributed by atoms with E-state index in [2.05, 4.69) is 90.1 Å². The molecule has 0 saturated heterocycles. The average Bonchev–Trinajstić information content (AvgIpc) is 3.29. The van der Waals surface area contributed by atoms with Crippen molar-refractivity contribution in [3.05, 3.63) is 70.8 Å². The molecule has 0 spiro atoms. The van der Waals surface area contributed by atoms with E-state index in [0.29, 0.717) is 0 Å². The van der Waals surface area contributed by atoms with E-state index in [-0.39, 0.29) is 10.8 Å². The van der Waals surface area contributed by atoms with Crippen molar-refractivity contribution in [3.8, 4) is 0 Å². The van der Waals surface area contributed by atoms with Gasteiger partial charge in [0, 0.05) is 0 Å². The third kappa shape index (κ3) is 3.46. The molecular formula is C24H28O2. The number of benzene rings is 2. The number of hydrogen-bond acceptors (Lipinski definition) is 1. The van der Waals surface area contributed by atoms with Crippen LogP contribution in [0.3, 0.4) is 0 Å². The van der Waals surface area contributed by atoms with Crippen LogP contribution in [0.25, 0.3) is 11.1 Å². The Balaban J connectivity index is 1.96. The van der Waals surface area contributed by atoms with Gasteiger partial charge in [-0.25, -0.2) is 0 Å². The minimum atomic E-state index is -0.769. The number of carbonyl (C=O) groups is 1. The van der Waals surface area contributed by atoms with E-state index >= 15 is 0 Å². The molecule has 0 aliphatic heterocycles. The van der Waals surface area contributed by atoms with Gasteiger partial charge >= 0.3 is 5.97 Å². The summed E-state index contributed by atoms with van der Waals surface area (Å²) in [5.41, 5.74) is 6.61. The molecule has 0 atom stereocenters. The summed E-state index contributed by atoms with van der Waals surface area (Å²) in [5.74, 6) is -1.26. The molecule has 2 heteroatoms. The molecule has 2 aromatic carbocycles. The van der Waals surface area contributed by atoms with Crippen LogP contribution in [-0.4, -0.2) is 11.1 Å². The zero-order valence-corrected chi connectivity index (χ0v) is 16.6. The van der Waals surface area contributed by atoms with Crippen LogP contribution < -0.4 is 0 Å². The van der Waals surface area contributed by atoms with Crippen molar-refractivity contribution < 1.29 is 9.90 Å². The fraction of sp³-hybridized carbons (Fsp3) is 0.375. The lowest BCUT2D eigenvalue weighted by atomic mass is 9.86. The lowest BCUT2D eigenvalue weighted by Gasteiger charge is -2.19. The summed E-state index contributed by atoms with van der Waals surface area (Å²) < 4.78 is 0. The van der Waals surface area contributed by atoms with E-state index in [0.717, 1.165) is 22.3 Å². The highest BCUT2D eigenvalue weighted by Crippen LogP contribution is 2.53. The molecule has 0 saturated carbocycles. The second-order valence-corrected chi connectivity index (χ2v) is 9.25. The highest BCUT2D eigenvalue weighted by atomic mass is 16.4. The van der Waals surface area contributed by atoms with Crippen LogP contribution in [0, 0.1) is 5.92 Å². The molecule has 1 aliphatic carbocycles. The topological polar surface area (TPSA) is 37.3 Å². The molecule has 0 fully saturated rings. The summed E-state index contributed by atoms with van der Waals surface area (Å²) in [4.78, 5) is 11.7. The molecule has 3 rings (SSSR count). The van der Waals surface area contributed by atoms with E-state index in [1.165, 1.54) is 11.1 Å². The molecule has 2 nitrogen and oxygen atoms in total. The minimum Gasteiger partial charge on any atom is -0.481 e. The van der Waals surface area contributed by atoms with Gasteiger partial charge in [0.15, 0.2) is 0 Å². The van der Waals surface area contributed by atoms with Gasteiger partial charge in [-0.05, 0) is 44.2 Å². The quantitative estimate of drug-likeness (QED) is 0.749. The van der Waals surface area contributed by atoms with Crippen molar-refractivity contribution in [1.29, 1.82) is 0 Å². The van der Waals surface area contributed by atoms with Crippen molar-refractivity contribution in [2.75, 3.05) is 0 Å². The predicted octanol–water partition coefficient (Wildman–Crippen LogP) is 5.91.